The molecule has 3 rings (SSSR count). The fourth-order valence-corrected chi connectivity index (χ4v) is 3.02. The van der Waals surface area contributed by atoms with E-state index < -0.39 is 17.5 Å². The van der Waals surface area contributed by atoms with E-state index >= 15 is 0 Å². The van der Waals surface area contributed by atoms with Crippen molar-refractivity contribution in [1.29, 1.82) is 0 Å². The summed E-state index contributed by atoms with van der Waals surface area (Å²) >= 11 is 0. The van der Waals surface area contributed by atoms with Crippen LogP contribution in [-0.2, 0) is 4.79 Å². The third kappa shape index (κ3) is 3.56. The van der Waals surface area contributed by atoms with Crippen LogP contribution in [0.15, 0.2) is 41.0 Å². The molecule has 0 aliphatic heterocycles. The molecule has 6 heteroatoms. The summed E-state index contributed by atoms with van der Waals surface area (Å²) < 4.78 is 37.4. The molecule has 1 N–H and O–H groups in total. The van der Waals surface area contributed by atoms with E-state index in [1.165, 1.54) is 12.1 Å². The van der Waals surface area contributed by atoms with Gasteiger partial charge >= 0.3 is 0 Å². The maximum Gasteiger partial charge on any atom is 0.248 e. The number of rotatable bonds is 4. The maximum absolute atomic E-state index is 13.3. The van der Waals surface area contributed by atoms with Crippen molar-refractivity contribution in [2.24, 2.45) is 0 Å². The second-order valence-electron chi connectivity index (χ2n) is 6.32. The Morgan fingerprint density at radius 3 is 2.59 bits per heavy atom. The van der Waals surface area contributed by atoms with Crippen LogP contribution in [0.4, 0.5) is 14.5 Å². The summed E-state index contributed by atoms with van der Waals surface area (Å²) in [6.07, 6.45) is 3.07. The SMILES string of the molecule is COc1c(/C(C)=C/C(=O)Nc2ccc(F)c(F)c2)cc2c(C)coc2c1C. The normalized spacial score (nSPS) is 11.7. The molecule has 0 spiro atoms. The van der Waals surface area contributed by atoms with Crippen molar-refractivity contribution in [3.8, 4) is 5.75 Å². The molecule has 0 saturated carbocycles. The van der Waals surface area contributed by atoms with Gasteiger partial charge in [0.2, 0.25) is 5.91 Å². The third-order valence-electron chi connectivity index (χ3n) is 4.40. The topological polar surface area (TPSA) is 51.5 Å². The van der Waals surface area contributed by atoms with Gasteiger partial charge in [-0.25, -0.2) is 8.78 Å². The average Bonchev–Trinajstić information content (AvgIpc) is 2.99. The van der Waals surface area contributed by atoms with E-state index in [0.717, 1.165) is 39.8 Å². The number of methoxy groups -OCH3 is 1. The molecule has 0 atom stereocenters. The molecule has 0 saturated heterocycles. The number of furan rings is 1. The summed E-state index contributed by atoms with van der Waals surface area (Å²) in [5.74, 6) is -1.83. The fraction of sp³-hybridized carbons (Fsp3) is 0.190. The number of aryl methyl sites for hydroxylation is 2. The lowest BCUT2D eigenvalue weighted by Crippen LogP contribution is -2.09. The summed E-state index contributed by atoms with van der Waals surface area (Å²) in [6.45, 7) is 5.61. The molecule has 0 fully saturated rings. The summed E-state index contributed by atoms with van der Waals surface area (Å²) in [5.41, 5.74) is 4.16. The van der Waals surface area contributed by atoms with E-state index in [4.69, 9.17) is 9.15 Å². The first-order chi connectivity index (χ1) is 12.8. The summed E-state index contributed by atoms with van der Waals surface area (Å²) in [4.78, 5) is 12.3. The van der Waals surface area contributed by atoms with Gasteiger partial charge in [-0.3, -0.25) is 4.79 Å². The van der Waals surface area contributed by atoms with E-state index in [1.807, 2.05) is 19.9 Å². The molecule has 3 aromatic rings. The molecule has 2 aromatic carbocycles. The number of benzene rings is 2. The quantitative estimate of drug-likeness (QED) is 0.627. The van der Waals surface area contributed by atoms with Crippen LogP contribution in [0, 0.1) is 25.5 Å². The van der Waals surface area contributed by atoms with Crippen molar-refractivity contribution in [3.05, 3.63) is 64.9 Å². The number of nitrogens with one attached hydrogen (secondary N) is 1. The Labute approximate surface area is 155 Å². The molecule has 0 unspecified atom stereocenters. The Balaban J connectivity index is 1.96. The predicted octanol–water partition coefficient (Wildman–Crippen LogP) is 5.38. The van der Waals surface area contributed by atoms with Gasteiger partial charge in [0.1, 0.15) is 11.3 Å². The van der Waals surface area contributed by atoms with Gasteiger partial charge in [0.25, 0.3) is 0 Å². The lowest BCUT2D eigenvalue weighted by Gasteiger charge is -2.13. The van der Waals surface area contributed by atoms with E-state index in [9.17, 15) is 13.6 Å². The van der Waals surface area contributed by atoms with Gasteiger partial charge in [0.15, 0.2) is 11.6 Å². The van der Waals surface area contributed by atoms with Gasteiger partial charge < -0.3 is 14.5 Å². The highest BCUT2D eigenvalue weighted by Crippen LogP contribution is 2.37. The van der Waals surface area contributed by atoms with Crippen molar-refractivity contribution in [2.45, 2.75) is 20.8 Å². The number of carbonyl (C=O) groups excluding carboxylic acids is 1. The highest BCUT2D eigenvalue weighted by molar-refractivity contribution is 6.05. The van der Waals surface area contributed by atoms with E-state index in [0.29, 0.717) is 11.3 Å². The van der Waals surface area contributed by atoms with Crippen LogP contribution in [0.2, 0.25) is 0 Å². The monoisotopic (exact) mass is 371 g/mol. The van der Waals surface area contributed by atoms with Crippen LogP contribution >= 0.6 is 0 Å². The number of hydrogen-bond donors (Lipinski definition) is 1. The van der Waals surface area contributed by atoms with E-state index in [2.05, 4.69) is 5.32 Å². The zero-order chi connectivity index (χ0) is 19.7. The number of ether oxygens (including phenoxy) is 1. The summed E-state index contributed by atoms with van der Waals surface area (Å²) in [6, 6.07) is 5.10. The van der Waals surface area contributed by atoms with Gasteiger partial charge in [0, 0.05) is 34.3 Å². The zero-order valence-corrected chi connectivity index (χ0v) is 15.4. The van der Waals surface area contributed by atoms with Crippen LogP contribution in [0.1, 0.15) is 23.6 Å². The van der Waals surface area contributed by atoms with Gasteiger partial charge in [-0.15, -0.1) is 0 Å². The lowest BCUT2D eigenvalue weighted by molar-refractivity contribution is -0.111. The molecule has 1 amide bonds. The van der Waals surface area contributed by atoms with Gasteiger partial charge in [0.05, 0.1) is 13.4 Å². The van der Waals surface area contributed by atoms with Crippen molar-refractivity contribution in [2.75, 3.05) is 12.4 Å². The first-order valence-electron chi connectivity index (χ1n) is 8.32. The minimum absolute atomic E-state index is 0.173. The predicted molar refractivity (Wildman–Crippen MR) is 101 cm³/mol. The second-order valence-corrected chi connectivity index (χ2v) is 6.32. The number of hydrogen-bond acceptors (Lipinski definition) is 3. The van der Waals surface area contributed by atoms with Crippen LogP contribution in [0.25, 0.3) is 16.5 Å². The Bertz CT molecular complexity index is 1070. The minimum atomic E-state index is -1.02. The smallest absolute Gasteiger partial charge is 0.248 e. The van der Waals surface area contributed by atoms with Gasteiger partial charge in [-0.2, -0.15) is 0 Å². The van der Waals surface area contributed by atoms with Crippen LogP contribution < -0.4 is 10.1 Å². The molecule has 0 radical (unpaired) electrons. The fourth-order valence-electron chi connectivity index (χ4n) is 3.02. The highest BCUT2D eigenvalue weighted by Gasteiger charge is 2.17. The van der Waals surface area contributed by atoms with Crippen molar-refractivity contribution in [1.82, 2.24) is 0 Å². The standard InChI is InChI=1S/C21H19F2NO3/c1-11(7-19(25)24-14-5-6-17(22)18(23)8-14)15-9-16-12(2)10-27-21(16)13(3)20(15)26-4/h5-10H,1-4H3,(H,24,25)/b11-7+. The highest BCUT2D eigenvalue weighted by atomic mass is 19.2. The van der Waals surface area contributed by atoms with Crippen LogP contribution in [0.5, 0.6) is 5.75 Å². The Hall–Kier alpha value is -3.15. The number of amides is 1. The molecule has 0 bridgehead atoms. The Morgan fingerprint density at radius 2 is 1.93 bits per heavy atom. The van der Waals surface area contributed by atoms with E-state index in [-0.39, 0.29) is 5.69 Å². The molecule has 140 valence electrons. The van der Waals surface area contributed by atoms with Crippen molar-refractivity contribution in [3.63, 3.8) is 0 Å². The third-order valence-corrected chi connectivity index (χ3v) is 4.40. The Kier molecular flexibility index (Phi) is 4.99. The molecular weight excluding hydrogens is 352 g/mol. The van der Waals surface area contributed by atoms with E-state index in [1.54, 1.807) is 20.3 Å². The zero-order valence-electron chi connectivity index (χ0n) is 15.4. The minimum Gasteiger partial charge on any atom is -0.496 e. The maximum atomic E-state index is 13.3. The number of carbonyl (C=O) groups is 1. The molecular formula is C21H19F2NO3. The first-order valence-corrected chi connectivity index (χ1v) is 8.32. The molecule has 1 aromatic heterocycles. The Morgan fingerprint density at radius 1 is 1.19 bits per heavy atom. The van der Waals surface area contributed by atoms with Gasteiger partial charge in [-0.05, 0) is 50.1 Å². The van der Waals surface area contributed by atoms with Crippen molar-refractivity contribution >= 4 is 28.1 Å². The number of fused-ring (bicyclic) bond motifs is 1. The number of halogens is 2. The number of anilines is 1. The summed E-state index contributed by atoms with van der Waals surface area (Å²) in [7, 11) is 1.56. The second kappa shape index (κ2) is 7.23. The van der Waals surface area contributed by atoms with Crippen LogP contribution in [-0.4, -0.2) is 13.0 Å². The molecule has 0 aliphatic carbocycles. The summed E-state index contributed by atoms with van der Waals surface area (Å²) in [5, 5.41) is 3.47. The first kappa shape index (κ1) is 18.6. The average molecular weight is 371 g/mol. The number of allylic oxidation sites excluding steroid dienone is 1. The molecule has 1 heterocycles. The van der Waals surface area contributed by atoms with Crippen molar-refractivity contribution < 1.29 is 22.7 Å². The van der Waals surface area contributed by atoms with Gasteiger partial charge in [-0.1, -0.05) is 0 Å². The molecule has 4 nitrogen and oxygen atoms in total. The largest absolute Gasteiger partial charge is 0.496 e. The van der Waals surface area contributed by atoms with Crippen LogP contribution in [0.3, 0.4) is 0 Å². The molecule has 0 aliphatic rings. The molecule has 27 heavy (non-hydrogen) atoms. The lowest BCUT2D eigenvalue weighted by atomic mass is 9.98.